The van der Waals surface area contributed by atoms with Crippen LogP contribution in [-0.4, -0.2) is 0 Å². The van der Waals surface area contributed by atoms with Gasteiger partial charge in [-0.1, -0.05) is 0 Å². The molecule has 33 heteroatoms. The van der Waals surface area contributed by atoms with Crippen LogP contribution in [0.3, 0.4) is 0 Å². The average Bonchev–Trinajstić information content (AvgIpc) is 2.67. The molecule has 0 atom stereocenters. The Labute approximate surface area is 266 Å². The summed E-state index contributed by atoms with van der Waals surface area (Å²) in [6.45, 7) is 0. The van der Waals surface area contributed by atoms with Crippen LogP contribution in [0, 0.1) is 61.4 Å². The van der Waals surface area contributed by atoms with Gasteiger partial charge in [0.05, 0.1) is 0 Å². The summed E-state index contributed by atoms with van der Waals surface area (Å²) < 4.78 is 165. The molecule has 0 aromatic heterocycles. The van der Waals surface area contributed by atoms with Gasteiger partial charge in [0.2, 0.25) is 0 Å². The van der Waals surface area contributed by atoms with Crippen LogP contribution in [0.15, 0.2) is 0 Å². The molecule has 24 nitrogen and oxygen atoms in total. The summed E-state index contributed by atoms with van der Waals surface area (Å²) in [7, 11) is 0. The van der Waals surface area contributed by atoms with Crippen molar-refractivity contribution in [3.63, 3.8) is 0 Å². The smallest absolute Gasteiger partial charge is 2.00 e. The van der Waals surface area contributed by atoms with E-state index >= 15 is 0 Å². The normalized spacial score (nSPS) is 9.23. The topological polar surface area (TPSA) is 486 Å². The van der Waals surface area contributed by atoms with Gasteiger partial charge in [0, 0.05) is 0 Å². The van der Waals surface area contributed by atoms with E-state index in [-0.39, 0.29) is 58.4 Å². The van der Waals surface area contributed by atoms with Gasteiger partial charge < -0.3 is 0 Å². The van der Waals surface area contributed by atoms with Crippen molar-refractivity contribution in [3.8, 4) is 29.8 Å². The Morgan fingerprint density at radius 3 is 0.308 bits per heavy atom. The van der Waals surface area contributed by atoms with Crippen molar-refractivity contribution in [2.24, 2.45) is 0 Å². The second-order valence-electron chi connectivity index (χ2n) is 3.03. The monoisotopic (exact) mass is 965 g/mol. The van der Waals surface area contributed by atoms with E-state index in [2.05, 4.69) is 0 Å². The van der Waals surface area contributed by atoms with Gasteiger partial charge in [-0.05, 0) is 0 Å². The first-order valence-corrected chi connectivity index (χ1v) is 17.5. The zero-order chi connectivity index (χ0) is 31.2. The molecule has 0 aliphatic rings. The van der Waals surface area contributed by atoms with Gasteiger partial charge in [0.15, 0.2) is 0 Å². The average molecular weight is 970 g/mol. The first-order chi connectivity index (χ1) is 15.4. The molecule has 0 aliphatic carbocycles. The molecule has 0 aromatic rings. The van der Waals surface area contributed by atoms with E-state index in [1.807, 2.05) is 0 Å². The Balaban J connectivity index is -0.0000000390. The summed E-state index contributed by atoms with van der Waals surface area (Å²) in [6, 6.07) is 0. The molecule has 0 radical (unpaired) electrons. The van der Waals surface area contributed by atoms with Crippen LogP contribution in [-0.2, 0) is 183 Å². The van der Waals surface area contributed by atoms with Crippen molar-refractivity contribution in [2.75, 3.05) is 0 Å². The quantitative estimate of drug-likeness (QED) is 0.203. The van der Waals surface area contributed by atoms with Crippen LogP contribution in [0.25, 0.3) is 0 Å². The van der Waals surface area contributed by atoms with Gasteiger partial charge in [-0.3, -0.25) is 0 Å². The van der Waals surface area contributed by atoms with Crippen LogP contribution in [0.4, 0.5) is 0 Å². The molecule has 39 heavy (non-hydrogen) atoms. The van der Waals surface area contributed by atoms with Crippen LogP contribution >= 0.6 is 0 Å². The van der Waals surface area contributed by atoms with Gasteiger partial charge in [-0.25, -0.2) is 0 Å². The number of nitriles is 6. The second-order valence-corrected chi connectivity index (χ2v) is 12.5. The summed E-state index contributed by atoms with van der Waals surface area (Å²) >= 11 is -30.5. The second kappa shape index (κ2) is 28.8. The summed E-state index contributed by atoms with van der Waals surface area (Å²) in [6.07, 6.45) is 0. The van der Waals surface area contributed by atoms with Crippen LogP contribution in [0.1, 0.15) is 0 Å². The number of hydrogen-bond donors (Lipinski definition) is 0. The molecule has 0 aromatic carbocycles. The summed E-state index contributed by atoms with van der Waals surface area (Å²) in [5, 5.41) is 43.7. The Morgan fingerprint density at radius 1 is 0.282 bits per heavy atom. The van der Waals surface area contributed by atoms with Crippen molar-refractivity contribution in [3.05, 3.63) is 0 Å². The van der Waals surface area contributed by atoms with Crippen molar-refractivity contribution >= 4 is 0 Å². The van der Waals surface area contributed by atoms with E-state index in [4.69, 9.17) is 103 Å². The number of nitrogens with zero attached hydrogens (tertiary/aromatic N) is 6. The SMILES string of the molecule is N#[C][Mn](=[O])(=[O])[O-].N#[C][Mn](=[O])(=[O])[O-].N#[C][Mn](=[O])(=[O])[O-].N#[C][Mn](=[O])(=[O])[O-].N#[C][Mn](=[O])(=[O])[O-].N#[C][Mn](=[O])(=[O])[O-].[Zn+2].[Zn+2].[Zn+2]. The first-order valence-electron chi connectivity index (χ1n) is 5.25. The molecule has 0 saturated heterocycles. The molecule has 0 bridgehead atoms. The minimum Gasteiger partial charge on any atom is 2.00 e. The predicted molar refractivity (Wildman–Crippen MR) is 41.9 cm³/mol. The van der Waals surface area contributed by atoms with Gasteiger partial charge >= 0.3 is 269 Å². The largest absolute Gasteiger partial charge is 2.00 e. The maximum Gasteiger partial charge on any atom is 2.00 e. The molecule has 0 aliphatic heterocycles. The Morgan fingerprint density at radius 2 is 0.308 bits per heavy atom. The predicted octanol–water partition coefficient (Wildman–Crippen LogP) is -8.48. The molecule has 0 fully saturated rings. The van der Waals surface area contributed by atoms with Gasteiger partial charge in [-0.15, -0.1) is 0 Å². The molecule has 0 saturated carbocycles. The van der Waals surface area contributed by atoms with Crippen molar-refractivity contribution in [2.45, 2.75) is 0 Å². The third-order valence-electron chi connectivity index (χ3n) is 0.621. The first kappa shape index (κ1) is 62.1. The number of hydrogen-bond acceptors (Lipinski definition) is 24. The van der Waals surface area contributed by atoms with Gasteiger partial charge in [0.25, 0.3) is 0 Å². The Kier molecular flexibility index (Phi) is 45.8. The van der Waals surface area contributed by atoms with Gasteiger partial charge in [0.1, 0.15) is 0 Å². The van der Waals surface area contributed by atoms with Crippen molar-refractivity contribution in [1.82, 2.24) is 0 Å². The van der Waals surface area contributed by atoms with Crippen LogP contribution in [0.2, 0.25) is 0 Å². The minimum atomic E-state index is -5.09. The molecular formula is C6Mn6N6O18Zn3. The molecule has 0 unspecified atom stereocenters. The molecule has 0 N–H and O–H groups in total. The Hall–Kier alpha value is -0.713. The van der Waals surface area contributed by atoms with Crippen LogP contribution in [0.5, 0.6) is 0 Å². The fourth-order valence-corrected chi connectivity index (χ4v) is 0. The summed E-state index contributed by atoms with van der Waals surface area (Å²) in [4.78, 5) is 3.47. The molecular weight excluding hydrogens is 970 g/mol. The fraction of sp³-hybridized carbons (Fsp3) is 0. The maximum atomic E-state index is 9.14. The van der Waals surface area contributed by atoms with Crippen molar-refractivity contribution < 1.29 is 208 Å². The molecule has 0 rings (SSSR count). The van der Waals surface area contributed by atoms with E-state index in [1.54, 1.807) is 0 Å². The summed E-state index contributed by atoms with van der Waals surface area (Å²) in [5.41, 5.74) is 0. The minimum absolute atomic E-state index is 0. The van der Waals surface area contributed by atoms with E-state index in [0.717, 1.165) is 0 Å². The molecule has 0 spiro atoms. The molecule has 210 valence electrons. The zero-order valence-corrected chi connectivity index (χ0v) is 33.4. The molecule has 0 amide bonds. The van der Waals surface area contributed by atoms with Crippen LogP contribution < -0.4 is 25.1 Å². The van der Waals surface area contributed by atoms with Gasteiger partial charge in [-0.2, -0.15) is 0 Å². The number of rotatable bonds is 0. The third kappa shape index (κ3) is 155. The van der Waals surface area contributed by atoms with E-state index < -0.39 is 78.2 Å². The van der Waals surface area contributed by atoms with E-state index in [1.165, 1.54) is 0 Å². The standard InChI is InChI=1S/6CN.6Mn.18O.3Zn/c6*1-2;;;;;;;;;;;;;;;;;;;;;;;;;;;/q;;;;;;;;;;;;;;;;;;;;;;;;6*-1;3*+2. The maximum absolute atomic E-state index is 9.14. The fourth-order valence-electron chi connectivity index (χ4n) is 0. The van der Waals surface area contributed by atoms with E-state index in [9.17, 15) is 0 Å². The Bertz CT molecular complexity index is 1300. The molecule has 0 heterocycles. The van der Waals surface area contributed by atoms with E-state index in [0.29, 0.717) is 29.8 Å². The summed E-state index contributed by atoms with van der Waals surface area (Å²) in [5.74, 6) is 0. The zero-order valence-electron chi connectivity index (χ0n) is 17.4. The van der Waals surface area contributed by atoms with Crippen molar-refractivity contribution in [1.29, 1.82) is 31.6 Å². The third-order valence-corrected chi connectivity index (χ3v) is 2.56.